The van der Waals surface area contributed by atoms with Crippen molar-refractivity contribution in [2.45, 2.75) is 33.2 Å². The molecule has 0 unspecified atom stereocenters. The third-order valence-electron chi connectivity index (χ3n) is 3.38. The van der Waals surface area contributed by atoms with E-state index in [0.29, 0.717) is 10.9 Å². The van der Waals surface area contributed by atoms with E-state index in [1.54, 1.807) is 13.0 Å². The summed E-state index contributed by atoms with van der Waals surface area (Å²) in [6.07, 6.45) is -0.250. The fraction of sp³-hybridized carbons (Fsp3) is 0.333. The molecule has 1 heterocycles. The lowest BCUT2D eigenvalue weighted by molar-refractivity contribution is -0.136. The molecule has 106 valence electrons. The number of carboxylic acids is 1. The molecule has 4 nitrogen and oxygen atoms in total. The fourth-order valence-corrected chi connectivity index (χ4v) is 2.94. The highest BCUT2D eigenvalue weighted by atomic mass is 79.9. The van der Waals surface area contributed by atoms with Gasteiger partial charge in [0, 0.05) is 27.2 Å². The molecule has 5 heteroatoms. The van der Waals surface area contributed by atoms with Crippen LogP contribution in [-0.2, 0) is 11.2 Å². The van der Waals surface area contributed by atoms with Crippen LogP contribution < -0.4 is 5.43 Å². The highest BCUT2D eigenvalue weighted by molar-refractivity contribution is 9.10. The van der Waals surface area contributed by atoms with Crippen molar-refractivity contribution in [3.8, 4) is 0 Å². The molecule has 0 aliphatic heterocycles. The molecule has 20 heavy (non-hydrogen) atoms. The third-order valence-corrected chi connectivity index (χ3v) is 3.87. The molecule has 0 fully saturated rings. The minimum atomic E-state index is -0.991. The number of nitrogens with zero attached hydrogens (tertiary/aromatic N) is 1. The predicted octanol–water partition coefficient (Wildman–Crippen LogP) is 3.28. The number of halogens is 1. The lowest BCUT2D eigenvalue weighted by Crippen LogP contribution is -2.22. The first-order chi connectivity index (χ1) is 9.32. The van der Waals surface area contributed by atoms with Crippen molar-refractivity contribution in [2.75, 3.05) is 0 Å². The van der Waals surface area contributed by atoms with E-state index in [1.807, 2.05) is 30.5 Å². The topological polar surface area (TPSA) is 59.3 Å². The second-order valence-electron chi connectivity index (χ2n) is 5.09. The van der Waals surface area contributed by atoms with E-state index in [4.69, 9.17) is 5.11 Å². The second-order valence-corrected chi connectivity index (χ2v) is 6.00. The minimum Gasteiger partial charge on any atom is -0.481 e. The number of carbonyl (C=O) groups is 1. The molecular formula is C15H16BrNO3. The summed E-state index contributed by atoms with van der Waals surface area (Å²) in [5.74, 6) is -0.991. The molecule has 0 atom stereocenters. The van der Waals surface area contributed by atoms with Gasteiger partial charge in [-0.25, -0.2) is 0 Å². The number of benzene rings is 1. The number of rotatable bonds is 3. The zero-order valence-electron chi connectivity index (χ0n) is 11.6. The Kier molecular flexibility index (Phi) is 3.99. The molecule has 0 spiro atoms. The maximum atomic E-state index is 12.5. The third kappa shape index (κ3) is 2.50. The van der Waals surface area contributed by atoms with E-state index in [-0.39, 0.29) is 17.9 Å². The Morgan fingerprint density at radius 2 is 2.05 bits per heavy atom. The molecule has 0 bridgehead atoms. The Labute approximate surface area is 125 Å². The van der Waals surface area contributed by atoms with Crippen molar-refractivity contribution >= 4 is 32.8 Å². The molecule has 2 rings (SSSR count). The van der Waals surface area contributed by atoms with Crippen LogP contribution in [0.2, 0.25) is 0 Å². The predicted molar refractivity (Wildman–Crippen MR) is 82.4 cm³/mol. The zero-order valence-corrected chi connectivity index (χ0v) is 13.2. The van der Waals surface area contributed by atoms with Crippen molar-refractivity contribution < 1.29 is 9.90 Å². The Morgan fingerprint density at radius 3 is 2.60 bits per heavy atom. The number of aliphatic carboxylic acids is 1. The van der Waals surface area contributed by atoms with Crippen molar-refractivity contribution in [1.82, 2.24) is 4.57 Å². The standard InChI is InChI=1S/C15H16BrNO3/c1-8(2)17-9(3)11(7-14(18)19)15(20)12-6-10(16)4-5-13(12)17/h4-6,8H,7H2,1-3H3,(H,18,19). The number of fused-ring (bicyclic) bond motifs is 1. The minimum absolute atomic E-state index is 0.145. The van der Waals surface area contributed by atoms with Crippen LogP contribution in [0.3, 0.4) is 0 Å². The summed E-state index contributed by atoms with van der Waals surface area (Å²) in [7, 11) is 0. The molecule has 0 aliphatic rings. The van der Waals surface area contributed by atoms with Gasteiger partial charge in [-0.1, -0.05) is 15.9 Å². The van der Waals surface area contributed by atoms with Gasteiger partial charge in [0.2, 0.25) is 0 Å². The summed E-state index contributed by atoms with van der Waals surface area (Å²) in [5, 5.41) is 9.57. The Bertz CT molecular complexity index is 747. The van der Waals surface area contributed by atoms with Crippen molar-refractivity contribution in [1.29, 1.82) is 0 Å². The van der Waals surface area contributed by atoms with Gasteiger partial charge >= 0.3 is 5.97 Å². The van der Waals surface area contributed by atoms with Gasteiger partial charge in [0.25, 0.3) is 0 Å². The van der Waals surface area contributed by atoms with E-state index < -0.39 is 5.97 Å². The van der Waals surface area contributed by atoms with Crippen LogP contribution in [0.1, 0.15) is 31.1 Å². The largest absolute Gasteiger partial charge is 0.481 e. The summed E-state index contributed by atoms with van der Waals surface area (Å²) in [5.41, 5.74) is 1.72. The van der Waals surface area contributed by atoms with Crippen molar-refractivity contribution in [3.63, 3.8) is 0 Å². The van der Waals surface area contributed by atoms with Crippen molar-refractivity contribution in [3.05, 3.63) is 44.2 Å². The van der Waals surface area contributed by atoms with Gasteiger partial charge in [0.1, 0.15) is 0 Å². The second kappa shape index (κ2) is 5.40. The molecule has 1 aromatic carbocycles. The van der Waals surface area contributed by atoms with E-state index >= 15 is 0 Å². The van der Waals surface area contributed by atoms with Gasteiger partial charge in [-0.15, -0.1) is 0 Å². The van der Waals surface area contributed by atoms with Gasteiger partial charge in [-0.2, -0.15) is 0 Å². The Hall–Kier alpha value is -1.62. The van der Waals surface area contributed by atoms with Gasteiger partial charge in [0.15, 0.2) is 5.43 Å². The monoisotopic (exact) mass is 337 g/mol. The number of hydrogen-bond acceptors (Lipinski definition) is 2. The molecule has 0 saturated heterocycles. The van der Waals surface area contributed by atoms with Crippen LogP contribution in [0, 0.1) is 6.92 Å². The van der Waals surface area contributed by atoms with Crippen LogP contribution in [0.4, 0.5) is 0 Å². The van der Waals surface area contributed by atoms with Crippen molar-refractivity contribution in [2.24, 2.45) is 0 Å². The fourth-order valence-electron chi connectivity index (χ4n) is 2.58. The highest BCUT2D eigenvalue weighted by Crippen LogP contribution is 2.23. The molecule has 0 saturated carbocycles. The summed E-state index contributed by atoms with van der Waals surface area (Å²) < 4.78 is 2.82. The molecule has 0 radical (unpaired) electrons. The average Bonchev–Trinajstić information content (AvgIpc) is 2.35. The van der Waals surface area contributed by atoms with E-state index in [0.717, 1.165) is 15.7 Å². The number of pyridine rings is 1. The SMILES string of the molecule is Cc1c(CC(=O)O)c(=O)c2cc(Br)ccc2n1C(C)C. The Balaban J connectivity index is 2.94. The quantitative estimate of drug-likeness (QED) is 0.934. The molecular weight excluding hydrogens is 322 g/mol. The average molecular weight is 338 g/mol. The van der Waals surface area contributed by atoms with Gasteiger partial charge < -0.3 is 9.67 Å². The van der Waals surface area contributed by atoms with Crippen LogP contribution in [0.5, 0.6) is 0 Å². The normalized spacial score (nSPS) is 11.2. The molecule has 0 amide bonds. The van der Waals surface area contributed by atoms with Crippen LogP contribution in [0.15, 0.2) is 27.5 Å². The number of hydrogen-bond donors (Lipinski definition) is 1. The van der Waals surface area contributed by atoms with Crippen LogP contribution in [-0.4, -0.2) is 15.6 Å². The van der Waals surface area contributed by atoms with E-state index in [2.05, 4.69) is 15.9 Å². The highest BCUT2D eigenvalue weighted by Gasteiger charge is 2.17. The van der Waals surface area contributed by atoms with E-state index in [9.17, 15) is 9.59 Å². The maximum Gasteiger partial charge on any atom is 0.308 e. The maximum absolute atomic E-state index is 12.5. The molecule has 1 N–H and O–H groups in total. The summed E-state index contributed by atoms with van der Waals surface area (Å²) >= 11 is 3.36. The number of aromatic nitrogens is 1. The van der Waals surface area contributed by atoms with Gasteiger partial charge in [-0.3, -0.25) is 9.59 Å². The first-order valence-electron chi connectivity index (χ1n) is 6.38. The summed E-state index contributed by atoms with van der Waals surface area (Å²) in [4.78, 5) is 23.5. The smallest absolute Gasteiger partial charge is 0.308 e. The summed E-state index contributed by atoms with van der Waals surface area (Å²) in [6.45, 7) is 5.84. The van der Waals surface area contributed by atoms with Crippen LogP contribution >= 0.6 is 15.9 Å². The first-order valence-corrected chi connectivity index (χ1v) is 7.17. The van der Waals surface area contributed by atoms with Gasteiger partial charge in [-0.05, 0) is 39.0 Å². The molecule has 2 aromatic rings. The van der Waals surface area contributed by atoms with Crippen LogP contribution in [0.25, 0.3) is 10.9 Å². The first kappa shape index (κ1) is 14.8. The number of carboxylic acid groups (broad SMARTS) is 1. The molecule has 0 aliphatic carbocycles. The lowest BCUT2D eigenvalue weighted by atomic mass is 10.0. The summed E-state index contributed by atoms with van der Waals surface area (Å²) in [6, 6.07) is 5.67. The zero-order chi connectivity index (χ0) is 15.0. The van der Waals surface area contributed by atoms with Gasteiger partial charge in [0.05, 0.1) is 11.9 Å². The molecule has 1 aromatic heterocycles. The lowest BCUT2D eigenvalue weighted by Gasteiger charge is -2.21. The van der Waals surface area contributed by atoms with E-state index in [1.165, 1.54) is 0 Å². The Morgan fingerprint density at radius 1 is 1.40 bits per heavy atom.